The number of para-hydroxylation sites is 1. The highest BCUT2D eigenvalue weighted by molar-refractivity contribution is 5.92. The van der Waals surface area contributed by atoms with Gasteiger partial charge in [-0.15, -0.1) is 5.10 Å². The number of aromatic nitrogens is 4. The molecule has 0 bridgehead atoms. The molecule has 0 fully saturated rings. The number of H-pyrrole nitrogens is 1. The molecule has 0 aliphatic carbocycles. The molecule has 120 valence electrons. The Morgan fingerprint density at radius 2 is 1.88 bits per heavy atom. The monoisotopic (exact) mass is 323 g/mol. The zero-order chi connectivity index (χ0) is 16.9. The fraction of sp³-hybridized carbons (Fsp3) is 0. The van der Waals surface area contributed by atoms with Gasteiger partial charge in [0.1, 0.15) is 5.76 Å². The van der Waals surface area contributed by atoms with E-state index < -0.39 is 0 Å². The minimum absolute atomic E-state index is 0.190. The number of hydrogen-bond acceptors (Lipinski definition) is 6. The van der Waals surface area contributed by atoms with Crippen LogP contribution < -0.4 is 5.73 Å². The van der Waals surface area contributed by atoms with Crippen molar-refractivity contribution in [3.05, 3.63) is 48.7 Å². The van der Waals surface area contributed by atoms with Gasteiger partial charge < -0.3 is 15.3 Å². The number of hydrogen-bond donors (Lipinski definition) is 3. The molecule has 0 saturated heterocycles. The first-order valence-electron chi connectivity index (χ1n) is 6.93. The van der Waals surface area contributed by atoms with Crippen molar-refractivity contribution >= 4 is 23.3 Å². The molecule has 1 aromatic carbocycles. The summed E-state index contributed by atoms with van der Waals surface area (Å²) in [6.45, 7) is -0.250. The highest BCUT2D eigenvalue weighted by Gasteiger charge is 2.12. The molecule has 0 atom stereocenters. The van der Waals surface area contributed by atoms with Gasteiger partial charge in [0, 0.05) is 17.1 Å². The van der Waals surface area contributed by atoms with Crippen LogP contribution in [-0.2, 0) is 4.79 Å². The van der Waals surface area contributed by atoms with E-state index in [0.29, 0.717) is 11.6 Å². The summed E-state index contributed by atoms with van der Waals surface area (Å²) in [5, 5.41) is 14.5. The predicted octanol–water partition coefficient (Wildman–Crippen LogP) is 2.56. The third-order valence-corrected chi connectivity index (χ3v) is 3.24. The first kappa shape index (κ1) is 15.2. The number of rotatable bonds is 2. The standard InChI is InChI=1S/C15H11N5O.CH2O2/c16-15-18-14(19-20-15)12-7-6-11(21-12)10-5-1-3-9-4-2-8-17-13(9)10;2-1-3/h1-8H,(H3,16,18,19,20);1H,(H,2,3). The smallest absolute Gasteiger partial charge is 0.290 e. The van der Waals surface area contributed by atoms with Crippen LogP contribution in [0.2, 0.25) is 0 Å². The minimum atomic E-state index is -0.250. The van der Waals surface area contributed by atoms with E-state index in [2.05, 4.69) is 20.2 Å². The van der Waals surface area contributed by atoms with E-state index in [-0.39, 0.29) is 12.4 Å². The number of nitrogens with two attached hydrogens (primary N) is 1. The van der Waals surface area contributed by atoms with Gasteiger partial charge in [0.15, 0.2) is 11.6 Å². The Morgan fingerprint density at radius 1 is 1.12 bits per heavy atom. The van der Waals surface area contributed by atoms with E-state index in [1.54, 1.807) is 6.20 Å². The molecule has 0 radical (unpaired) electrons. The van der Waals surface area contributed by atoms with Crippen LogP contribution >= 0.6 is 0 Å². The minimum Gasteiger partial charge on any atom is -0.483 e. The normalized spacial score (nSPS) is 10.2. The lowest BCUT2D eigenvalue weighted by atomic mass is 10.1. The molecule has 3 heterocycles. The van der Waals surface area contributed by atoms with Crippen molar-refractivity contribution in [2.75, 3.05) is 5.73 Å². The molecule has 0 unspecified atom stereocenters. The Labute approximate surface area is 136 Å². The number of fused-ring (bicyclic) bond motifs is 1. The van der Waals surface area contributed by atoms with Crippen LogP contribution in [0, 0.1) is 0 Å². The third-order valence-electron chi connectivity index (χ3n) is 3.24. The molecule has 0 aliphatic heterocycles. The summed E-state index contributed by atoms with van der Waals surface area (Å²) < 4.78 is 5.85. The van der Waals surface area contributed by atoms with Gasteiger partial charge in [-0.3, -0.25) is 14.9 Å². The number of pyridine rings is 1. The fourth-order valence-electron chi connectivity index (χ4n) is 2.30. The summed E-state index contributed by atoms with van der Waals surface area (Å²) in [5.41, 5.74) is 7.34. The molecule has 3 aromatic heterocycles. The average Bonchev–Trinajstić information content (AvgIpc) is 3.24. The van der Waals surface area contributed by atoms with Gasteiger partial charge in [-0.05, 0) is 24.3 Å². The van der Waals surface area contributed by atoms with Crippen molar-refractivity contribution in [2.24, 2.45) is 0 Å². The SMILES string of the molecule is Nc1n[nH]c(-c2ccc(-c3cccc4cccnc34)o2)n1.O=CO. The molecular weight excluding hydrogens is 310 g/mol. The molecule has 0 amide bonds. The highest BCUT2D eigenvalue weighted by atomic mass is 16.3. The number of anilines is 1. The van der Waals surface area contributed by atoms with Gasteiger partial charge >= 0.3 is 0 Å². The molecule has 8 nitrogen and oxygen atoms in total. The van der Waals surface area contributed by atoms with Crippen LogP contribution in [0.1, 0.15) is 0 Å². The number of nitrogens with one attached hydrogen (secondary N) is 1. The van der Waals surface area contributed by atoms with E-state index in [0.717, 1.165) is 22.2 Å². The number of carbonyl (C=O) groups is 1. The summed E-state index contributed by atoms with van der Waals surface area (Å²) in [7, 11) is 0. The Kier molecular flexibility index (Phi) is 4.19. The van der Waals surface area contributed by atoms with Crippen LogP contribution in [0.4, 0.5) is 5.95 Å². The van der Waals surface area contributed by atoms with Crippen molar-refractivity contribution in [3.63, 3.8) is 0 Å². The van der Waals surface area contributed by atoms with Crippen LogP contribution in [-0.4, -0.2) is 31.7 Å². The third kappa shape index (κ3) is 2.93. The summed E-state index contributed by atoms with van der Waals surface area (Å²) >= 11 is 0. The Bertz CT molecular complexity index is 971. The molecular formula is C16H13N5O3. The number of benzene rings is 1. The number of carboxylic acid groups (broad SMARTS) is 1. The van der Waals surface area contributed by atoms with E-state index in [1.165, 1.54) is 0 Å². The van der Waals surface area contributed by atoms with Gasteiger partial charge in [-0.25, -0.2) is 0 Å². The average molecular weight is 323 g/mol. The van der Waals surface area contributed by atoms with Gasteiger partial charge in [-0.2, -0.15) is 4.98 Å². The second kappa shape index (κ2) is 6.61. The first-order valence-corrected chi connectivity index (χ1v) is 6.93. The molecule has 24 heavy (non-hydrogen) atoms. The molecule has 0 aliphatic rings. The van der Waals surface area contributed by atoms with Crippen LogP contribution in [0.15, 0.2) is 53.1 Å². The predicted molar refractivity (Wildman–Crippen MR) is 87.9 cm³/mol. The van der Waals surface area contributed by atoms with Gasteiger partial charge in [0.2, 0.25) is 5.95 Å². The number of nitrogen functional groups attached to an aromatic ring is 1. The van der Waals surface area contributed by atoms with Crippen molar-refractivity contribution < 1.29 is 14.3 Å². The second-order valence-electron chi connectivity index (χ2n) is 4.69. The Hall–Kier alpha value is -3.68. The van der Waals surface area contributed by atoms with E-state index in [1.807, 2.05) is 42.5 Å². The summed E-state index contributed by atoms with van der Waals surface area (Å²) in [6, 6.07) is 13.6. The van der Waals surface area contributed by atoms with Crippen molar-refractivity contribution in [3.8, 4) is 22.9 Å². The summed E-state index contributed by atoms with van der Waals surface area (Å²) in [6.07, 6.45) is 1.77. The van der Waals surface area contributed by atoms with Gasteiger partial charge in [0.25, 0.3) is 6.47 Å². The van der Waals surface area contributed by atoms with E-state index in [9.17, 15) is 0 Å². The van der Waals surface area contributed by atoms with Crippen LogP contribution in [0.5, 0.6) is 0 Å². The maximum absolute atomic E-state index is 8.36. The molecule has 4 aromatic rings. The van der Waals surface area contributed by atoms with E-state index in [4.69, 9.17) is 20.1 Å². The molecule has 8 heteroatoms. The van der Waals surface area contributed by atoms with Crippen LogP contribution in [0.25, 0.3) is 33.8 Å². The molecule has 4 N–H and O–H groups in total. The van der Waals surface area contributed by atoms with E-state index >= 15 is 0 Å². The van der Waals surface area contributed by atoms with Crippen LogP contribution in [0.3, 0.4) is 0 Å². The maximum atomic E-state index is 8.36. The zero-order valence-corrected chi connectivity index (χ0v) is 12.4. The lowest BCUT2D eigenvalue weighted by molar-refractivity contribution is -0.122. The highest BCUT2D eigenvalue weighted by Crippen LogP contribution is 2.31. The lowest BCUT2D eigenvalue weighted by Crippen LogP contribution is -1.85. The molecule has 0 saturated carbocycles. The van der Waals surface area contributed by atoms with Crippen molar-refractivity contribution in [1.29, 1.82) is 0 Å². The lowest BCUT2D eigenvalue weighted by Gasteiger charge is -2.02. The Morgan fingerprint density at radius 3 is 2.62 bits per heavy atom. The number of nitrogens with zero attached hydrogens (tertiary/aromatic N) is 3. The van der Waals surface area contributed by atoms with Gasteiger partial charge in [0.05, 0.1) is 5.52 Å². The van der Waals surface area contributed by atoms with Crippen molar-refractivity contribution in [1.82, 2.24) is 20.2 Å². The summed E-state index contributed by atoms with van der Waals surface area (Å²) in [5.74, 6) is 2.01. The second-order valence-corrected chi connectivity index (χ2v) is 4.69. The number of aromatic amines is 1. The zero-order valence-electron chi connectivity index (χ0n) is 12.4. The largest absolute Gasteiger partial charge is 0.483 e. The Balaban J connectivity index is 0.000000526. The topological polar surface area (TPSA) is 131 Å². The van der Waals surface area contributed by atoms with Gasteiger partial charge in [-0.1, -0.05) is 18.2 Å². The molecule has 0 spiro atoms. The molecule has 4 rings (SSSR count). The van der Waals surface area contributed by atoms with Crippen molar-refractivity contribution in [2.45, 2.75) is 0 Å². The quantitative estimate of drug-likeness (QED) is 0.483. The number of furan rings is 1. The fourth-order valence-corrected chi connectivity index (χ4v) is 2.30. The maximum Gasteiger partial charge on any atom is 0.290 e. The first-order chi connectivity index (χ1) is 11.7. The summed E-state index contributed by atoms with van der Waals surface area (Å²) in [4.78, 5) is 16.8.